The maximum Gasteiger partial charge on any atom is 0.240 e. The Morgan fingerprint density at radius 2 is 2.05 bits per heavy atom. The third kappa shape index (κ3) is 4.03. The SMILES string of the molecule is CC(=O)c1cccc(S(=O)(=O)NC(C)Cc2ccco2)c1. The van der Waals surface area contributed by atoms with Gasteiger partial charge in [-0.2, -0.15) is 0 Å². The zero-order valence-electron chi connectivity index (χ0n) is 11.9. The van der Waals surface area contributed by atoms with Gasteiger partial charge in [0.25, 0.3) is 0 Å². The number of ketones is 1. The molecule has 6 heteroatoms. The van der Waals surface area contributed by atoms with Crippen molar-refractivity contribution >= 4 is 15.8 Å². The van der Waals surface area contributed by atoms with Crippen LogP contribution in [0.4, 0.5) is 0 Å². The lowest BCUT2D eigenvalue weighted by molar-refractivity contribution is 0.101. The van der Waals surface area contributed by atoms with Crippen molar-refractivity contribution in [3.63, 3.8) is 0 Å². The molecule has 112 valence electrons. The molecule has 0 saturated heterocycles. The number of carbonyl (C=O) groups is 1. The number of hydrogen-bond acceptors (Lipinski definition) is 4. The maximum absolute atomic E-state index is 12.3. The van der Waals surface area contributed by atoms with Gasteiger partial charge < -0.3 is 4.42 Å². The topological polar surface area (TPSA) is 76.4 Å². The van der Waals surface area contributed by atoms with Crippen molar-refractivity contribution in [1.82, 2.24) is 4.72 Å². The lowest BCUT2D eigenvalue weighted by Gasteiger charge is -2.13. The summed E-state index contributed by atoms with van der Waals surface area (Å²) in [5.41, 5.74) is 0.372. The van der Waals surface area contributed by atoms with E-state index in [0.717, 1.165) is 0 Å². The standard InChI is InChI=1S/C15H17NO4S/c1-11(9-14-6-4-8-20-14)16-21(18,19)15-7-3-5-13(10-15)12(2)17/h3-8,10-11,16H,9H2,1-2H3. The van der Waals surface area contributed by atoms with Crippen molar-refractivity contribution in [2.45, 2.75) is 31.2 Å². The van der Waals surface area contributed by atoms with E-state index in [1.807, 2.05) is 0 Å². The molecule has 0 saturated carbocycles. The van der Waals surface area contributed by atoms with Gasteiger partial charge in [-0.3, -0.25) is 4.79 Å². The lowest BCUT2D eigenvalue weighted by Crippen LogP contribution is -2.34. The molecule has 21 heavy (non-hydrogen) atoms. The number of benzene rings is 1. The van der Waals surface area contributed by atoms with Crippen molar-refractivity contribution in [3.8, 4) is 0 Å². The van der Waals surface area contributed by atoms with E-state index < -0.39 is 10.0 Å². The number of nitrogens with one attached hydrogen (secondary N) is 1. The van der Waals surface area contributed by atoms with E-state index in [-0.39, 0.29) is 16.7 Å². The van der Waals surface area contributed by atoms with E-state index in [9.17, 15) is 13.2 Å². The first-order chi connectivity index (χ1) is 9.88. The Hall–Kier alpha value is -1.92. The molecule has 1 unspecified atom stereocenters. The molecule has 0 aliphatic heterocycles. The predicted molar refractivity (Wildman–Crippen MR) is 78.6 cm³/mol. The minimum absolute atomic E-state index is 0.0847. The highest BCUT2D eigenvalue weighted by molar-refractivity contribution is 7.89. The van der Waals surface area contributed by atoms with E-state index in [2.05, 4.69) is 4.72 Å². The number of sulfonamides is 1. The molecule has 1 heterocycles. The predicted octanol–water partition coefficient (Wildman–Crippen LogP) is 2.39. The highest BCUT2D eigenvalue weighted by atomic mass is 32.2. The van der Waals surface area contributed by atoms with Gasteiger partial charge in [0.05, 0.1) is 11.2 Å². The Bertz CT molecular complexity index is 720. The Morgan fingerprint density at radius 1 is 1.29 bits per heavy atom. The van der Waals surface area contributed by atoms with Crippen LogP contribution in [0.2, 0.25) is 0 Å². The Balaban J connectivity index is 2.14. The number of rotatable bonds is 6. The molecule has 0 spiro atoms. The number of furan rings is 1. The van der Waals surface area contributed by atoms with Crippen molar-refractivity contribution in [2.75, 3.05) is 0 Å². The van der Waals surface area contributed by atoms with Crippen LogP contribution in [0.1, 0.15) is 30.0 Å². The molecule has 1 aromatic carbocycles. The molecule has 2 aromatic rings. The normalized spacial score (nSPS) is 13.0. The summed E-state index contributed by atoms with van der Waals surface area (Å²) in [6.07, 6.45) is 2.01. The van der Waals surface area contributed by atoms with Gasteiger partial charge in [-0.25, -0.2) is 13.1 Å². The highest BCUT2D eigenvalue weighted by Gasteiger charge is 2.19. The third-order valence-electron chi connectivity index (χ3n) is 2.99. The molecule has 1 N–H and O–H groups in total. The summed E-state index contributed by atoms with van der Waals surface area (Å²) >= 11 is 0. The molecule has 1 aromatic heterocycles. The minimum Gasteiger partial charge on any atom is -0.469 e. The van der Waals surface area contributed by atoms with Gasteiger partial charge in [0.1, 0.15) is 5.76 Å². The summed E-state index contributed by atoms with van der Waals surface area (Å²) in [6.45, 7) is 3.16. The monoisotopic (exact) mass is 307 g/mol. The molecule has 0 aliphatic rings. The first-order valence-corrected chi connectivity index (χ1v) is 8.02. The average molecular weight is 307 g/mol. The van der Waals surface area contributed by atoms with E-state index in [4.69, 9.17) is 4.42 Å². The van der Waals surface area contributed by atoms with Crippen LogP contribution in [0.25, 0.3) is 0 Å². The molecule has 1 atom stereocenters. The summed E-state index contributed by atoms with van der Waals surface area (Å²) in [4.78, 5) is 11.4. The molecule has 0 amide bonds. The second kappa shape index (κ2) is 6.24. The van der Waals surface area contributed by atoms with Gasteiger partial charge in [-0.15, -0.1) is 0 Å². The molecule has 0 aliphatic carbocycles. The minimum atomic E-state index is -3.66. The first kappa shape index (κ1) is 15.5. The highest BCUT2D eigenvalue weighted by Crippen LogP contribution is 2.13. The quantitative estimate of drug-likeness (QED) is 0.831. The largest absolute Gasteiger partial charge is 0.469 e. The molecule has 2 rings (SSSR count). The molecule has 0 bridgehead atoms. The summed E-state index contributed by atoms with van der Waals surface area (Å²) in [5.74, 6) is 0.540. The van der Waals surface area contributed by atoms with Gasteiger partial charge in [0.2, 0.25) is 10.0 Å². The van der Waals surface area contributed by atoms with Crippen molar-refractivity contribution in [3.05, 3.63) is 54.0 Å². The first-order valence-electron chi connectivity index (χ1n) is 6.54. The molecule has 5 nitrogen and oxygen atoms in total. The Labute approximate surface area is 124 Å². The van der Waals surface area contributed by atoms with Gasteiger partial charge in [-0.05, 0) is 38.1 Å². The van der Waals surface area contributed by atoms with Crippen molar-refractivity contribution in [2.24, 2.45) is 0 Å². The second-order valence-corrected chi connectivity index (χ2v) is 6.60. The fourth-order valence-corrected chi connectivity index (χ4v) is 3.28. The van der Waals surface area contributed by atoms with Crippen LogP contribution >= 0.6 is 0 Å². The number of hydrogen-bond donors (Lipinski definition) is 1. The summed E-state index contributed by atoms with van der Waals surface area (Å²) in [6, 6.07) is 9.23. The van der Waals surface area contributed by atoms with Crippen LogP contribution in [-0.4, -0.2) is 20.2 Å². The number of carbonyl (C=O) groups excluding carboxylic acids is 1. The van der Waals surface area contributed by atoms with Gasteiger partial charge in [0.15, 0.2) is 5.78 Å². The van der Waals surface area contributed by atoms with Crippen LogP contribution in [0.5, 0.6) is 0 Å². The Morgan fingerprint density at radius 3 is 2.67 bits per heavy atom. The van der Waals surface area contributed by atoms with Crippen LogP contribution < -0.4 is 4.72 Å². The summed E-state index contributed by atoms with van der Waals surface area (Å²) < 4.78 is 32.4. The fourth-order valence-electron chi connectivity index (χ4n) is 1.99. The van der Waals surface area contributed by atoms with Crippen molar-refractivity contribution in [1.29, 1.82) is 0 Å². The van der Waals surface area contributed by atoms with E-state index in [1.165, 1.54) is 19.1 Å². The smallest absolute Gasteiger partial charge is 0.240 e. The van der Waals surface area contributed by atoms with Crippen molar-refractivity contribution < 1.29 is 17.6 Å². The van der Waals surface area contributed by atoms with Gasteiger partial charge >= 0.3 is 0 Å². The molecular formula is C15H17NO4S. The van der Waals surface area contributed by atoms with Gasteiger partial charge in [-0.1, -0.05) is 12.1 Å². The summed E-state index contributed by atoms with van der Waals surface area (Å²) in [5, 5.41) is 0. The van der Waals surface area contributed by atoms with Crippen LogP contribution in [-0.2, 0) is 16.4 Å². The lowest BCUT2D eigenvalue weighted by atomic mass is 10.2. The zero-order chi connectivity index (χ0) is 15.5. The van der Waals surface area contributed by atoms with Crippen LogP contribution in [0.3, 0.4) is 0 Å². The number of Topliss-reactive ketones (excluding diaryl/α,β-unsaturated/α-hetero) is 1. The fraction of sp³-hybridized carbons (Fsp3) is 0.267. The average Bonchev–Trinajstić information content (AvgIpc) is 2.91. The Kier molecular flexibility index (Phi) is 4.59. The van der Waals surface area contributed by atoms with Crippen LogP contribution in [0.15, 0.2) is 52.0 Å². The third-order valence-corrected chi connectivity index (χ3v) is 4.58. The molecule has 0 radical (unpaired) electrons. The van der Waals surface area contributed by atoms with E-state index in [1.54, 1.807) is 37.5 Å². The second-order valence-electron chi connectivity index (χ2n) is 4.89. The zero-order valence-corrected chi connectivity index (χ0v) is 12.7. The van der Waals surface area contributed by atoms with Gasteiger partial charge in [0, 0.05) is 18.0 Å². The van der Waals surface area contributed by atoms with Crippen LogP contribution in [0, 0.1) is 0 Å². The van der Waals surface area contributed by atoms with E-state index >= 15 is 0 Å². The summed E-state index contributed by atoms with van der Waals surface area (Å²) in [7, 11) is -3.66. The molecule has 0 fully saturated rings. The van der Waals surface area contributed by atoms with E-state index in [0.29, 0.717) is 17.7 Å². The maximum atomic E-state index is 12.3. The molecular weight excluding hydrogens is 290 g/mol.